The summed E-state index contributed by atoms with van der Waals surface area (Å²) in [6.45, 7) is 5.21. The van der Waals surface area contributed by atoms with E-state index in [1.807, 2.05) is 0 Å². The van der Waals surface area contributed by atoms with Crippen molar-refractivity contribution >= 4 is 11.9 Å². The van der Waals surface area contributed by atoms with Crippen molar-refractivity contribution in [1.29, 1.82) is 0 Å². The van der Waals surface area contributed by atoms with Crippen LogP contribution in [0.1, 0.15) is 26.5 Å². The van der Waals surface area contributed by atoms with E-state index in [0.717, 1.165) is 0 Å². The Bertz CT molecular complexity index is 442. The van der Waals surface area contributed by atoms with Crippen molar-refractivity contribution in [3.05, 3.63) is 30.1 Å². The number of hydrogen-bond acceptors (Lipinski definition) is 6. The first-order valence-electron chi connectivity index (χ1n) is 6.48. The maximum absolute atomic E-state index is 12.0. The molecule has 0 radical (unpaired) electrons. The second-order valence-electron chi connectivity index (χ2n) is 4.43. The van der Waals surface area contributed by atoms with Crippen molar-refractivity contribution in [3.63, 3.8) is 0 Å². The molecule has 0 saturated carbocycles. The summed E-state index contributed by atoms with van der Waals surface area (Å²) in [5.74, 6) is -2.67. The number of nitrogens with two attached hydrogens (primary N) is 1. The van der Waals surface area contributed by atoms with Gasteiger partial charge >= 0.3 is 11.9 Å². The third-order valence-corrected chi connectivity index (χ3v) is 2.86. The first-order valence-corrected chi connectivity index (χ1v) is 6.48. The molecule has 1 unspecified atom stereocenters. The van der Waals surface area contributed by atoms with Gasteiger partial charge in [-0.05, 0) is 32.9 Å². The van der Waals surface area contributed by atoms with E-state index in [2.05, 4.69) is 4.98 Å². The Morgan fingerprint density at radius 1 is 1.25 bits per heavy atom. The molecule has 0 fully saturated rings. The lowest BCUT2D eigenvalue weighted by molar-refractivity contribution is -0.165. The van der Waals surface area contributed by atoms with E-state index in [1.165, 1.54) is 0 Å². The van der Waals surface area contributed by atoms with Crippen molar-refractivity contribution in [2.24, 2.45) is 11.7 Å². The Morgan fingerprint density at radius 3 is 2.20 bits per heavy atom. The average Bonchev–Trinajstić information content (AvgIpc) is 2.40. The molecule has 0 aliphatic heterocycles. The Balaban J connectivity index is 3.14. The third kappa shape index (κ3) is 3.54. The number of carbonyl (C=O) groups is 2. The van der Waals surface area contributed by atoms with Gasteiger partial charge in [0.15, 0.2) is 5.92 Å². The Morgan fingerprint density at radius 2 is 1.80 bits per heavy atom. The third-order valence-electron chi connectivity index (χ3n) is 2.86. The predicted molar refractivity (Wildman–Crippen MR) is 72.5 cm³/mol. The zero-order chi connectivity index (χ0) is 15.2. The van der Waals surface area contributed by atoms with Crippen LogP contribution in [0.5, 0.6) is 0 Å². The normalized spacial score (nSPS) is 13.7. The fourth-order valence-corrected chi connectivity index (χ4v) is 1.87. The van der Waals surface area contributed by atoms with Crippen LogP contribution >= 0.6 is 0 Å². The number of rotatable bonds is 6. The van der Waals surface area contributed by atoms with Gasteiger partial charge in [-0.3, -0.25) is 14.6 Å². The van der Waals surface area contributed by atoms with Gasteiger partial charge in [-0.2, -0.15) is 0 Å². The van der Waals surface area contributed by atoms with Gasteiger partial charge < -0.3 is 15.2 Å². The molecule has 0 spiro atoms. The van der Waals surface area contributed by atoms with E-state index in [0.29, 0.717) is 5.69 Å². The van der Waals surface area contributed by atoms with Crippen LogP contribution in [0, 0.1) is 5.92 Å². The maximum atomic E-state index is 12.0. The lowest BCUT2D eigenvalue weighted by Gasteiger charge is -2.30. The summed E-state index contributed by atoms with van der Waals surface area (Å²) < 4.78 is 9.86. The molecule has 110 valence electrons. The van der Waals surface area contributed by atoms with Gasteiger partial charge in [0.2, 0.25) is 0 Å². The first kappa shape index (κ1) is 16.1. The van der Waals surface area contributed by atoms with Gasteiger partial charge in [0.25, 0.3) is 0 Å². The molecule has 0 aliphatic rings. The smallest absolute Gasteiger partial charge is 0.322 e. The summed E-state index contributed by atoms with van der Waals surface area (Å²) in [6.07, 6.45) is 1.55. The fourth-order valence-electron chi connectivity index (χ4n) is 1.87. The van der Waals surface area contributed by atoms with Crippen molar-refractivity contribution < 1.29 is 19.1 Å². The maximum Gasteiger partial charge on any atom is 0.322 e. The minimum Gasteiger partial charge on any atom is -0.465 e. The number of aromatic nitrogens is 1. The summed E-state index contributed by atoms with van der Waals surface area (Å²) in [7, 11) is 0. The summed E-state index contributed by atoms with van der Waals surface area (Å²) in [5, 5.41) is 0. The van der Waals surface area contributed by atoms with E-state index in [9.17, 15) is 9.59 Å². The first-order chi connectivity index (χ1) is 9.45. The van der Waals surface area contributed by atoms with Gasteiger partial charge in [-0.15, -0.1) is 0 Å². The zero-order valence-electron chi connectivity index (χ0n) is 12.0. The zero-order valence-corrected chi connectivity index (χ0v) is 12.0. The molecule has 1 atom stereocenters. The SMILES string of the molecule is CCOC(=O)C(C(=O)OCC)C(C)(N)c1ccccn1. The summed E-state index contributed by atoms with van der Waals surface area (Å²) in [6, 6.07) is 5.12. The minimum absolute atomic E-state index is 0.160. The van der Waals surface area contributed by atoms with Crippen LogP contribution in [0.15, 0.2) is 24.4 Å². The van der Waals surface area contributed by atoms with Crippen LogP contribution in [0.4, 0.5) is 0 Å². The highest BCUT2D eigenvalue weighted by Crippen LogP contribution is 2.27. The summed E-state index contributed by atoms with van der Waals surface area (Å²) in [5.41, 5.74) is 5.30. The molecule has 20 heavy (non-hydrogen) atoms. The topological polar surface area (TPSA) is 91.5 Å². The molecule has 1 aromatic heterocycles. The number of pyridine rings is 1. The lowest BCUT2D eigenvalue weighted by atomic mass is 9.83. The predicted octanol–water partition coefficient (Wildman–Crippen LogP) is 0.998. The molecule has 2 N–H and O–H groups in total. The van der Waals surface area contributed by atoms with Crippen molar-refractivity contribution in [3.8, 4) is 0 Å². The minimum atomic E-state index is -1.31. The highest BCUT2D eigenvalue weighted by molar-refractivity contribution is 5.96. The highest BCUT2D eigenvalue weighted by atomic mass is 16.6. The Kier molecular flexibility index (Phi) is 5.64. The van der Waals surface area contributed by atoms with Crippen LogP contribution < -0.4 is 5.73 Å². The molecule has 0 saturated heterocycles. The van der Waals surface area contributed by atoms with Crippen LogP contribution in [0.3, 0.4) is 0 Å². The van der Waals surface area contributed by atoms with E-state index in [1.54, 1.807) is 45.2 Å². The molecule has 1 aromatic rings. The number of nitrogens with zero attached hydrogens (tertiary/aromatic N) is 1. The molecule has 1 heterocycles. The second-order valence-corrected chi connectivity index (χ2v) is 4.43. The molecule has 1 rings (SSSR count). The fraction of sp³-hybridized carbons (Fsp3) is 0.500. The molecule has 6 heteroatoms. The van der Waals surface area contributed by atoms with Crippen LogP contribution in [0.25, 0.3) is 0 Å². The van der Waals surface area contributed by atoms with Crippen molar-refractivity contribution in [1.82, 2.24) is 4.98 Å². The number of esters is 2. The lowest BCUT2D eigenvalue weighted by Crippen LogP contribution is -2.50. The monoisotopic (exact) mass is 280 g/mol. The highest BCUT2D eigenvalue weighted by Gasteiger charge is 2.45. The molecule has 0 aromatic carbocycles. The van der Waals surface area contributed by atoms with Crippen LogP contribution in [0.2, 0.25) is 0 Å². The standard InChI is InChI=1S/C14H20N2O4/c1-4-19-12(17)11(13(18)20-5-2)14(3,15)10-8-6-7-9-16-10/h6-9,11H,4-5,15H2,1-3H3. The van der Waals surface area contributed by atoms with E-state index in [4.69, 9.17) is 15.2 Å². The van der Waals surface area contributed by atoms with Crippen molar-refractivity contribution in [2.75, 3.05) is 13.2 Å². The molecule has 0 bridgehead atoms. The van der Waals surface area contributed by atoms with E-state index >= 15 is 0 Å². The van der Waals surface area contributed by atoms with Gasteiger partial charge in [-0.1, -0.05) is 6.07 Å². The molecule has 0 aliphatic carbocycles. The summed E-state index contributed by atoms with van der Waals surface area (Å²) in [4.78, 5) is 28.2. The van der Waals surface area contributed by atoms with Crippen LogP contribution in [-0.4, -0.2) is 30.1 Å². The van der Waals surface area contributed by atoms with E-state index < -0.39 is 23.4 Å². The Labute approximate surface area is 118 Å². The molecule has 6 nitrogen and oxygen atoms in total. The summed E-state index contributed by atoms with van der Waals surface area (Å²) >= 11 is 0. The second kappa shape index (κ2) is 7.00. The molecule has 0 amide bonds. The number of hydrogen-bond donors (Lipinski definition) is 1. The number of carbonyl (C=O) groups excluding carboxylic acids is 2. The van der Waals surface area contributed by atoms with Crippen LogP contribution in [-0.2, 0) is 24.6 Å². The quantitative estimate of drug-likeness (QED) is 0.617. The Hall–Kier alpha value is -1.95. The van der Waals surface area contributed by atoms with Crippen molar-refractivity contribution in [2.45, 2.75) is 26.3 Å². The van der Waals surface area contributed by atoms with Gasteiger partial charge in [0.05, 0.1) is 24.4 Å². The van der Waals surface area contributed by atoms with Gasteiger partial charge in [-0.25, -0.2) is 0 Å². The molecular formula is C14H20N2O4. The average molecular weight is 280 g/mol. The largest absolute Gasteiger partial charge is 0.465 e. The molecular weight excluding hydrogens is 260 g/mol. The van der Waals surface area contributed by atoms with E-state index in [-0.39, 0.29) is 13.2 Å². The number of ether oxygens (including phenoxy) is 2. The van der Waals surface area contributed by atoms with Gasteiger partial charge in [0, 0.05) is 6.20 Å². The van der Waals surface area contributed by atoms with Gasteiger partial charge in [0.1, 0.15) is 0 Å².